The van der Waals surface area contributed by atoms with Crippen molar-refractivity contribution in [2.45, 2.75) is 18.6 Å². The van der Waals surface area contributed by atoms with Crippen molar-refractivity contribution >= 4 is 33.2 Å². The Morgan fingerprint density at radius 2 is 1.97 bits per heavy atom. The predicted octanol–water partition coefficient (Wildman–Crippen LogP) is 4.22. The van der Waals surface area contributed by atoms with E-state index >= 15 is 0 Å². The fraction of sp³-hybridized carbons (Fsp3) is 0.280. The predicted molar refractivity (Wildman–Crippen MR) is 135 cm³/mol. The van der Waals surface area contributed by atoms with E-state index < -0.39 is 0 Å². The maximum atomic E-state index is 13.3. The van der Waals surface area contributed by atoms with Crippen molar-refractivity contribution in [1.82, 2.24) is 14.5 Å². The number of ether oxygens (including phenoxy) is 2. The van der Waals surface area contributed by atoms with Crippen LogP contribution in [0.3, 0.4) is 0 Å². The van der Waals surface area contributed by atoms with Crippen molar-refractivity contribution in [2.75, 3.05) is 27.3 Å². The van der Waals surface area contributed by atoms with Gasteiger partial charge in [0.2, 0.25) is 0 Å². The van der Waals surface area contributed by atoms with Crippen LogP contribution < -0.4 is 15.0 Å². The van der Waals surface area contributed by atoms with Crippen molar-refractivity contribution in [1.29, 1.82) is 0 Å². The number of aromatic nitrogens is 2. The summed E-state index contributed by atoms with van der Waals surface area (Å²) in [6.07, 6.45) is 1.89. The van der Waals surface area contributed by atoms with E-state index in [1.807, 2.05) is 43.4 Å². The molecule has 0 spiro atoms. The first-order valence-electron chi connectivity index (χ1n) is 10.9. The summed E-state index contributed by atoms with van der Waals surface area (Å²) in [5.41, 5.74) is 2.14. The number of hydrogen-bond acceptors (Lipinski definition) is 7. The van der Waals surface area contributed by atoms with Gasteiger partial charge >= 0.3 is 0 Å². The van der Waals surface area contributed by atoms with Crippen LogP contribution in [-0.4, -0.2) is 59.0 Å². The lowest BCUT2D eigenvalue weighted by Crippen LogP contribution is -2.30. The van der Waals surface area contributed by atoms with Gasteiger partial charge < -0.3 is 14.6 Å². The zero-order valence-corrected chi connectivity index (χ0v) is 20.3. The Kier molecular flexibility index (Phi) is 6.31. The molecule has 1 fully saturated rings. The summed E-state index contributed by atoms with van der Waals surface area (Å²) in [6, 6.07) is 15.0. The Labute approximate surface area is 205 Å². The lowest BCUT2D eigenvalue weighted by Gasteiger charge is -2.20. The molecule has 0 amide bonds. The molecule has 0 unspecified atom stereocenters. The van der Waals surface area contributed by atoms with Crippen LogP contribution in [0.25, 0.3) is 26.3 Å². The molecule has 176 valence electrons. The second-order valence-electron chi connectivity index (χ2n) is 8.38. The second-order valence-corrected chi connectivity index (χ2v) is 9.87. The van der Waals surface area contributed by atoms with E-state index in [4.69, 9.17) is 21.1 Å². The van der Waals surface area contributed by atoms with Gasteiger partial charge in [0.25, 0.3) is 5.56 Å². The maximum Gasteiger partial charge on any atom is 0.275 e. The van der Waals surface area contributed by atoms with Crippen LogP contribution in [0.15, 0.2) is 59.7 Å². The molecule has 2 aromatic heterocycles. The molecule has 0 aliphatic carbocycles. The monoisotopic (exact) mass is 497 g/mol. The van der Waals surface area contributed by atoms with Gasteiger partial charge in [0.05, 0.1) is 24.4 Å². The van der Waals surface area contributed by atoms with Crippen molar-refractivity contribution in [3.05, 3.63) is 70.2 Å². The summed E-state index contributed by atoms with van der Waals surface area (Å²) in [5, 5.41) is 10.5. The van der Waals surface area contributed by atoms with Crippen molar-refractivity contribution in [3.8, 4) is 27.6 Å². The van der Waals surface area contributed by atoms with E-state index in [1.54, 1.807) is 19.2 Å². The highest BCUT2D eigenvalue weighted by Gasteiger charge is 2.28. The molecule has 1 aliphatic heterocycles. The third kappa shape index (κ3) is 4.42. The Morgan fingerprint density at radius 1 is 1.18 bits per heavy atom. The van der Waals surface area contributed by atoms with Crippen LogP contribution in [0, 0.1) is 0 Å². The van der Waals surface area contributed by atoms with Gasteiger partial charge in [-0.2, -0.15) is 0 Å². The molecule has 4 aromatic rings. The van der Waals surface area contributed by atoms with Crippen LogP contribution in [0.4, 0.5) is 0 Å². The quantitative estimate of drug-likeness (QED) is 0.430. The Bertz CT molecular complexity index is 1390. The topological polar surface area (TPSA) is 76.8 Å². The Morgan fingerprint density at radius 3 is 2.68 bits per heavy atom. The first kappa shape index (κ1) is 22.9. The van der Waals surface area contributed by atoms with Gasteiger partial charge in [0.1, 0.15) is 17.6 Å². The number of likely N-dealkylation sites (tertiary alicyclic amines) is 1. The highest BCUT2D eigenvalue weighted by atomic mass is 35.5. The zero-order chi connectivity index (χ0) is 23.8. The Balaban J connectivity index is 1.43. The standard InChI is InChI=1S/C25H24ClN3O4S/c1-28-12-19(30)9-18(28)13-33-21-8-7-17(10-22(21)32-2)29-14-27-20-11-23(34-24(20)25(29)31)15-3-5-16(26)6-4-15/h3-8,10-11,14,18-19,30H,9,12-13H2,1-2H3/t18-,19+/m0/s1. The number of thiophene rings is 1. The Hall–Kier alpha value is -2.91. The molecule has 1 aliphatic rings. The minimum absolute atomic E-state index is 0.141. The molecule has 2 aromatic carbocycles. The van der Waals surface area contributed by atoms with E-state index in [2.05, 4.69) is 9.88 Å². The minimum atomic E-state index is -0.324. The summed E-state index contributed by atoms with van der Waals surface area (Å²) >= 11 is 7.41. The summed E-state index contributed by atoms with van der Waals surface area (Å²) in [4.78, 5) is 20.8. The average molecular weight is 498 g/mol. The minimum Gasteiger partial charge on any atom is -0.493 e. The molecule has 2 atom stereocenters. The number of benzene rings is 2. The van der Waals surface area contributed by atoms with Crippen LogP contribution in [0.1, 0.15) is 6.42 Å². The van der Waals surface area contributed by atoms with E-state index in [0.29, 0.717) is 52.0 Å². The van der Waals surface area contributed by atoms with E-state index in [-0.39, 0.29) is 17.7 Å². The number of methoxy groups -OCH3 is 1. The van der Waals surface area contributed by atoms with Gasteiger partial charge in [-0.3, -0.25) is 14.3 Å². The van der Waals surface area contributed by atoms with Gasteiger partial charge in [-0.1, -0.05) is 23.7 Å². The highest BCUT2D eigenvalue weighted by molar-refractivity contribution is 7.22. The molecule has 0 bridgehead atoms. The number of aliphatic hydroxyl groups excluding tert-OH is 1. The highest BCUT2D eigenvalue weighted by Crippen LogP contribution is 2.33. The van der Waals surface area contributed by atoms with Crippen LogP contribution in [0.5, 0.6) is 11.5 Å². The van der Waals surface area contributed by atoms with E-state index in [1.165, 1.54) is 22.2 Å². The fourth-order valence-electron chi connectivity index (χ4n) is 4.21. The first-order valence-corrected chi connectivity index (χ1v) is 12.1. The van der Waals surface area contributed by atoms with E-state index in [9.17, 15) is 9.90 Å². The molecule has 9 heteroatoms. The van der Waals surface area contributed by atoms with Gasteiger partial charge in [0.15, 0.2) is 11.5 Å². The number of β-amino-alcohol motifs (C(OH)–C–C–N with tert-alkyl or cyclic N) is 1. The van der Waals surface area contributed by atoms with Crippen LogP contribution in [-0.2, 0) is 0 Å². The van der Waals surface area contributed by atoms with Crippen molar-refractivity contribution in [2.24, 2.45) is 0 Å². The molecule has 0 saturated carbocycles. The molecular formula is C25H24ClN3O4S. The summed E-state index contributed by atoms with van der Waals surface area (Å²) in [7, 11) is 3.54. The van der Waals surface area contributed by atoms with Gasteiger partial charge in [0, 0.05) is 28.6 Å². The lowest BCUT2D eigenvalue weighted by atomic mass is 10.2. The summed E-state index contributed by atoms with van der Waals surface area (Å²) in [5.74, 6) is 1.11. The summed E-state index contributed by atoms with van der Waals surface area (Å²) < 4.78 is 13.6. The number of rotatable bonds is 6. The SMILES string of the molecule is COc1cc(-n2cnc3cc(-c4ccc(Cl)cc4)sc3c2=O)ccc1OC[C@@H]1C[C@@H](O)CN1C. The third-order valence-corrected chi connectivity index (χ3v) is 7.50. The van der Waals surface area contributed by atoms with Crippen LogP contribution >= 0.6 is 22.9 Å². The maximum absolute atomic E-state index is 13.3. The van der Waals surface area contributed by atoms with Crippen molar-refractivity contribution in [3.63, 3.8) is 0 Å². The summed E-state index contributed by atoms with van der Waals surface area (Å²) in [6.45, 7) is 1.09. The van der Waals surface area contributed by atoms with Crippen LogP contribution in [0.2, 0.25) is 5.02 Å². The average Bonchev–Trinajstić information content (AvgIpc) is 3.41. The largest absolute Gasteiger partial charge is 0.493 e. The van der Waals surface area contributed by atoms with Gasteiger partial charge in [-0.15, -0.1) is 11.3 Å². The molecular weight excluding hydrogens is 474 g/mol. The molecule has 1 saturated heterocycles. The zero-order valence-electron chi connectivity index (χ0n) is 18.8. The lowest BCUT2D eigenvalue weighted by molar-refractivity contribution is 0.182. The molecule has 3 heterocycles. The number of halogens is 1. The number of likely N-dealkylation sites (N-methyl/N-ethyl adjacent to an activating group) is 1. The molecule has 34 heavy (non-hydrogen) atoms. The molecule has 7 nitrogen and oxygen atoms in total. The number of aliphatic hydroxyl groups is 1. The molecule has 1 N–H and O–H groups in total. The molecule has 0 radical (unpaired) electrons. The molecule has 5 rings (SSSR count). The van der Waals surface area contributed by atoms with Crippen molar-refractivity contribution < 1.29 is 14.6 Å². The third-order valence-electron chi connectivity index (χ3n) is 6.09. The van der Waals surface area contributed by atoms with E-state index in [0.717, 1.165) is 10.4 Å². The van der Waals surface area contributed by atoms with Gasteiger partial charge in [-0.25, -0.2) is 4.98 Å². The first-order chi connectivity index (χ1) is 16.4. The smallest absolute Gasteiger partial charge is 0.275 e. The van der Waals surface area contributed by atoms with Gasteiger partial charge in [-0.05, 0) is 49.4 Å². The second kappa shape index (κ2) is 9.38. The fourth-order valence-corrected chi connectivity index (χ4v) is 5.38. The number of fused-ring (bicyclic) bond motifs is 1. The number of hydrogen-bond donors (Lipinski definition) is 1. The number of nitrogens with zero attached hydrogens (tertiary/aromatic N) is 3. The normalized spacial score (nSPS) is 18.5.